The molecule has 88 valence electrons. The van der Waals surface area contributed by atoms with Gasteiger partial charge in [-0.15, -0.1) is 0 Å². The second kappa shape index (κ2) is 4.04. The van der Waals surface area contributed by atoms with Crippen LogP contribution in [0.1, 0.15) is 24.0 Å². The van der Waals surface area contributed by atoms with Gasteiger partial charge in [0.25, 0.3) is 5.92 Å². The lowest BCUT2D eigenvalue weighted by Crippen LogP contribution is -2.39. The molecule has 0 aromatic heterocycles. The maximum absolute atomic E-state index is 13.0. The molecule has 1 aliphatic rings. The van der Waals surface area contributed by atoms with Crippen molar-refractivity contribution in [1.29, 1.82) is 0 Å². The van der Waals surface area contributed by atoms with Gasteiger partial charge in [-0.25, -0.2) is 8.78 Å². The Morgan fingerprint density at radius 3 is 2.31 bits per heavy atom. The van der Waals surface area contributed by atoms with Crippen LogP contribution in [0.5, 0.6) is 0 Å². The molecule has 1 fully saturated rings. The van der Waals surface area contributed by atoms with Gasteiger partial charge in [0, 0.05) is 31.6 Å². The number of rotatable bonds is 1. The summed E-state index contributed by atoms with van der Waals surface area (Å²) in [5, 5.41) is 0. The third-order valence-electron chi connectivity index (χ3n) is 3.19. The normalized spacial score (nSPS) is 19.9. The van der Waals surface area contributed by atoms with Crippen LogP contribution >= 0.6 is 0 Å². The Kier molecular flexibility index (Phi) is 2.87. The van der Waals surface area contributed by atoms with E-state index in [4.69, 9.17) is 0 Å². The third kappa shape index (κ3) is 2.34. The Morgan fingerprint density at radius 1 is 1.12 bits per heavy atom. The molecule has 0 radical (unpaired) electrons. The average molecular weight is 225 g/mol. The van der Waals surface area contributed by atoms with Crippen molar-refractivity contribution >= 4 is 5.69 Å². The zero-order valence-electron chi connectivity index (χ0n) is 9.76. The summed E-state index contributed by atoms with van der Waals surface area (Å²) in [4.78, 5) is 2.06. The highest BCUT2D eigenvalue weighted by molar-refractivity contribution is 5.54. The summed E-state index contributed by atoms with van der Waals surface area (Å²) in [6.45, 7) is 4.99. The van der Waals surface area contributed by atoms with Crippen molar-refractivity contribution in [2.45, 2.75) is 32.6 Å². The Balaban J connectivity index is 2.14. The molecule has 16 heavy (non-hydrogen) atoms. The molecule has 0 bridgehead atoms. The number of aryl methyl sites for hydroxylation is 2. The zero-order valence-corrected chi connectivity index (χ0v) is 9.76. The van der Waals surface area contributed by atoms with Crippen molar-refractivity contribution in [3.8, 4) is 0 Å². The largest absolute Gasteiger partial charge is 0.371 e. The molecule has 0 N–H and O–H groups in total. The van der Waals surface area contributed by atoms with Crippen LogP contribution in [0.25, 0.3) is 0 Å². The average Bonchev–Trinajstić information content (AvgIpc) is 2.19. The molecule has 1 heterocycles. The van der Waals surface area contributed by atoms with E-state index in [2.05, 4.69) is 11.0 Å². The maximum atomic E-state index is 13.0. The molecule has 3 heteroatoms. The Bertz CT molecular complexity index is 378. The van der Waals surface area contributed by atoms with Gasteiger partial charge in [-0.2, -0.15) is 0 Å². The minimum atomic E-state index is -2.46. The van der Waals surface area contributed by atoms with Gasteiger partial charge in [0.05, 0.1) is 0 Å². The molecule has 1 nitrogen and oxygen atoms in total. The summed E-state index contributed by atoms with van der Waals surface area (Å²) in [6.07, 6.45) is -0.0549. The van der Waals surface area contributed by atoms with Gasteiger partial charge in [0.1, 0.15) is 0 Å². The first-order valence-electron chi connectivity index (χ1n) is 5.68. The van der Waals surface area contributed by atoms with Crippen molar-refractivity contribution in [2.24, 2.45) is 0 Å². The van der Waals surface area contributed by atoms with E-state index in [-0.39, 0.29) is 12.8 Å². The highest BCUT2D eigenvalue weighted by Crippen LogP contribution is 2.31. The Hall–Kier alpha value is -1.12. The van der Waals surface area contributed by atoms with Gasteiger partial charge < -0.3 is 4.90 Å². The molecule has 1 aromatic rings. The van der Waals surface area contributed by atoms with Crippen LogP contribution in [0.3, 0.4) is 0 Å². The molecule has 0 unspecified atom stereocenters. The lowest BCUT2D eigenvalue weighted by atomic mass is 10.0. The predicted octanol–water partition coefficient (Wildman–Crippen LogP) is 3.54. The quantitative estimate of drug-likeness (QED) is 0.706. The van der Waals surface area contributed by atoms with Crippen molar-refractivity contribution in [3.05, 3.63) is 29.3 Å². The summed E-state index contributed by atoms with van der Waals surface area (Å²) < 4.78 is 26.1. The van der Waals surface area contributed by atoms with Crippen molar-refractivity contribution < 1.29 is 8.78 Å². The molecule has 1 saturated heterocycles. The predicted molar refractivity (Wildman–Crippen MR) is 62.3 cm³/mol. The number of alkyl halides is 2. The second-order valence-corrected chi connectivity index (χ2v) is 4.63. The van der Waals surface area contributed by atoms with Crippen molar-refractivity contribution in [2.75, 3.05) is 18.0 Å². The smallest absolute Gasteiger partial charge is 0.251 e. The fraction of sp³-hybridized carbons (Fsp3) is 0.538. The van der Waals surface area contributed by atoms with Crippen LogP contribution in [0.15, 0.2) is 18.2 Å². The van der Waals surface area contributed by atoms with Gasteiger partial charge in [-0.05, 0) is 25.5 Å². The third-order valence-corrected chi connectivity index (χ3v) is 3.19. The summed E-state index contributed by atoms with van der Waals surface area (Å²) >= 11 is 0. The highest BCUT2D eigenvalue weighted by atomic mass is 19.3. The van der Waals surface area contributed by atoms with Gasteiger partial charge >= 0.3 is 0 Å². The molecular weight excluding hydrogens is 208 g/mol. The Labute approximate surface area is 95.1 Å². The highest BCUT2D eigenvalue weighted by Gasteiger charge is 2.34. The van der Waals surface area contributed by atoms with Crippen LogP contribution < -0.4 is 4.90 Å². The second-order valence-electron chi connectivity index (χ2n) is 4.63. The zero-order chi connectivity index (χ0) is 11.8. The summed E-state index contributed by atoms with van der Waals surface area (Å²) in [6, 6.07) is 6.17. The molecule has 1 aliphatic heterocycles. The number of anilines is 1. The van der Waals surface area contributed by atoms with E-state index in [1.54, 1.807) is 0 Å². The standard InChI is InChI=1S/C13H17F2N/c1-10-3-4-12(11(2)9-10)16-7-5-13(14,15)6-8-16/h3-4,9H,5-8H2,1-2H3. The van der Waals surface area contributed by atoms with Crippen LogP contribution in [-0.2, 0) is 0 Å². The van der Waals surface area contributed by atoms with Gasteiger partial charge in [-0.3, -0.25) is 0 Å². The van der Waals surface area contributed by atoms with Gasteiger partial charge in [0.2, 0.25) is 0 Å². The van der Waals surface area contributed by atoms with E-state index in [9.17, 15) is 8.78 Å². The van der Waals surface area contributed by atoms with Gasteiger partial charge in [0.15, 0.2) is 0 Å². The number of halogens is 2. The monoisotopic (exact) mass is 225 g/mol. The number of nitrogens with zero attached hydrogens (tertiary/aromatic N) is 1. The number of hydrogen-bond acceptors (Lipinski definition) is 1. The fourth-order valence-electron chi connectivity index (χ4n) is 2.23. The number of hydrogen-bond donors (Lipinski definition) is 0. The fourth-order valence-corrected chi connectivity index (χ4v) is 2.23. The van der Waals surface area contributed by atoms with Crippen molar-refractivity contribution in [1.82, 2.24) is 0 Å². The number of benzene rings is 1. The molecule has 0 amide bonds. The summed E-state index contributed by atoms with van der Waals surface area (Å²) in [7, 11) is 0. The minimum absolute atomic E-state index is 0.0275. The van der Waals surface area contributed by atoms with Crippen LogP contribution in [0, 0.1) is 13.8 Å². The lowest BCUT2D eigenvalue weighted by Gasteiger charge is -2.34. The molecule has 0 atom stereocenters. The van der Waals surface area contributed by atoms with E-state index in [0.29, 0.717) is 13.1 Å². The lowest BCUT2D eigenvalue weighted by molar-refractivity contribution is -0.0220. The molecule has 0 saturated carbocycles. The molecule has 0 spiro atoms. The topological polar surface area (TPSA) is 3.24 Å². The first-order chi connectivity index (χ1) is 7.48. The Morgan fingerprint density at radius 2 is 1.75 bits per heavy atom. The van der Waals surface area contributed by atoms with Gasteiger partial charge in [-0.1, -0.05) is 17.7 Å². The van der Waals surface area contributed by atoms with E-state index < -0.39 is 5.92 Å². The first kappa shape index (κ1) is 11.4. The first-order valence-corrected chi connectivity index (χ1v) is 5.68. The minimum Gasteiger partial charge on any atom is -0.371 e. The van der Waals surface area contributed by atoms with E-state index >= 15 is 0 Å². The number of piperidine rings is 1. The molecule has 1 aromatic carbocycles. The van der Waals surface area contributed by atoms with Crippen molar-refractivity contribution in [3.63, 3.8) is 0 Å². The van der Waals surface area contributed by atoms with E-state index in [0.717, 1.165) is 5.69 Å². The van der Waals surface area contributed by atoms with Crippen LogP contribution in [0.4, 0.5) is 14.5 Å². The summed E-state index contributed by atoms with van der Waals surface area (Å²) in [5.74, 6) is -2.46. The summed E-state index contributed by atoms with van der Waals surface area (Å²) in [5.41, 5.74) is 3.48. The van der Waals surface area contributed by atoms with E-state index in [1.165, 1.54) is 11.1 Å². The SMILES string of the molecule is Cc1ccc(N2CCC(F)(F)CC2)c(C)c1. The molecule has 2 rings (SSSR count). The van der Waals surface area contributed by atoms with Crippen LogP contribution in [-0.4, -0.2) is 19.0 Å². The molecular formula is C13H17F2N. The maximum Gasteiger partial charge on any atom is 0.251 e. The van der Waals surface area contributed by atoms with Crippen LogP contribution in [0.2, 0.25) is 0 Å². The molecule has 0 aliphatic carbocycles. The van der Waals surface area contributed by atoms with E-state index in [1.807, 2.05) is 26.0 Å².